The van der Waals surface area contributed by atoms with Crippen LogP contribution in [-0.2, 0) is 23.8 Å². The molecule has 0 aliphatic carbocycles. The summed E-state index contributed by atoms with van der Waals surface area (Å²) in [6.45, 7) is 6.55. The zero-order chi connectivity index (χ0) is 25.1. The van der Waals surface area contributed by atoms with Gasteiger partial charge in [0, 0.05) is 6.42 Å². The minimum absolute atomic E-state index is 0.109. The van der Waals surface area contributed by atoms with E-state index in [2.05, 4.69) is 4.98 Å². The number of rotatable bonds is 9. The van der Waals surface area contributed by atoms with Crippen molar-refractivity contribution in [3.05, 3.63) is 22.5 Å². The van der Waals surface area contributed by atoms with Gasteiger partial charge in [-0.15, -0.1) is 11.6 Å². The Bertz CT molecular complexity index is 929. The highest BCUT2D eigenvalue weighted by Crippen LogP contribution is 2.40. The fourth-order valence-corrected chi connectivity index (χ4v) is 3.43. The lowest BCUT2D eigenvalue weighted by Gasteiger charge is -2.32. The Morgan fingerprint density at radius 2 is 1.85 bits per heavy atom. The van der Waals surface area contributed by atoms with Crippen molar-refractivity contribution in [3.63, 3.8) is 0 Å². The summed E-state index contributed by atoms with van der Waals surface area (Å²) in [6.07, 6.45) is -1.49. The molecule has 0 spiro atoms. The molecule has 11 nitrogen and oxygen atoms in total. The number of halogens is 2. The highest BCUT2D eigenvalue weighted by molar-refractivity contribution is 6.18. The molecule has 13 heteroatoms. The Balaban J connectivity index is 2.37. The van der Waals surface area contributed by atoms with Gasteiger partial charge in [-0.1, -0.05) is 27.7 Å². The molecule has 5 atom stereocenters. The summed E-state index contributed by atoms with van der Waals surface area (Å²) in [5.74, 6) is -3.65. The molecule has 2 rings (SSSR count). The molecule has 0 bridgehead atoms. The van der Waals surface area contributed by atoms with Gasteiger partial charge < -0.3 is 31.4 Å². The van der Waals surface area contributed by atoms with Crippen molar-refractivity contribution in [2.75, 3.05) is 18.2 Å². The van der Waals surface area contributed by atoms with E-state index >= 15 is 0 Å². The summed E-state index contributed by atoms with van der Waals surface area (Å²) in [5, 5.41) is 0. The Morgan fingerprint density at radius 3 is 2.39 bits per heavy atom. The lowest BCUT2D eigenvalue weighted by Crippen LogP contribution is -2.51. The van der Waals surface area contributed by atoms with Gasteiger partial charge >= 0.3 is 17.6 Å². The fourth-order valence-electron chi connectivity index (χ4n) is 3.12. The van der Waals surface area contributed by atoms with Gasteiger partial charge in [0.1, 0.15) is 31.0 Å². The highest BCUT2D eigenvalue weighted by Gasteiger charge is 2.53. The smallest absolute Gasteiger partial charge is 0.351 e. The molecule has 1 aliphatic rings. The maximum atomic E-state index is 14.0. The van der Waals surface area contributed by atoms with Crippen LogP contribution in [0, 0.1) is 17.7 Å². The average molecular weight is 492 g/mol. The third-order valence-electron chi connectivity index (χ3n) is 5.54. The molecule has 1 fully saturated rings. The van der Waals surface area contributed by atoms with Crippen LogP contribution in [0.2, 0.25) is 0 Å². The number of alkyl halides is 1. The van der Waals surface area contributed by atoms with Crippen LogP contribution >= 0.6 is 11.6 Å². The molecule has 1 saturated heterocycles. The number of hydrogen-bond donors (Lipinski definition) is 3. The molecule has 1 aromatic heterocycles. The summed E-state index contributed by atoms with van der Waals surface area (Å²) >= 11 is 6.19. The van der Waals surface area contributed by atoms with E-state index in [9.17, 15) is 18.8 Å². The molecule has 1 aromatic rings. The van der Waals surface area contributed by atoms with E-state index in [-0.39, 0.29) is 24.1 Å². The van der Waals surface area contributed by atoms with E-state index in [1.165, 1.54) is 0 Å². The summed E-state index contributed by atoms with van der Waals surface area (Å²) in [4.78, 5) is 40.6. The van der Waals surface area contributed by atoms with E-state index in [0.29, 0.717) is 0 Å². The van der Waals surface area contributed by atoms with Gasteiger partial charge in [0.05, 0.1) is 12.1 Å². The standard InChI is InChI=1S/C20H31ClFN5O6/c1-9(2)14(23)17(28)31-8-20(7-21)12(32-18(29)15(24)10(3)4)5-13(33-20)27-6-11(22)16(25)26-19(27)30/h6,9-10,12-15H,5,7-8,23-24H2,1-4H3,(H2,25,26,30)/t12-,13+,14-,15+,20+/m0/s1. The predicted molar refractivity (Wildman–Crippen MR) is 118 cm³/mol. The second kappa shape index (κ2) is 10.8. The van der Waals surface area contributed by atoms with Crippen LogP contribution in [0.5, 0.6) is 0 Å². The zero-order valence-electron chi connectivity index (χ0n) is 19.0. The van der Waals surface area contributed by atoms with E-state index in [1.807, 2.05) is 0 Å². The van der Waals surface area contributed by atoms with Gasteiger partial charge in [-0.25, -0.2) is 9.18 Å². The zero-order valence-corrected chi connectivity index (χ0v) is 19.8. The Hall–Kier alpha value is -2.28. The van der Waals surface area contributed by atoms with Crippen LogP contribution in [0.1, 0.15) is 40.3 Å². The van der Waals surface area contributed by atoms with Crippen molar-refractivity contribution >= 4 is 29.4 Å². The van der Waals surface area contributed by atoms with Gasteiger partial charge in [-0.05, 0) is 11.8 Å². The Morgan fingerprint density at radius 1 is 1.27 bits per heavy atom. The molecule has 186 valence electrons. The van der Waals surface area contributed by atoms with Gasteiger partial charge in [-0.3, -0.25) is 14.2 Å². The highest BCUT2D eigenvalue weighted by atomic mass is 35.5. The molecule has 0 saturated carbocycles. The summed E-state index contributed by atoms with van der Waals surface area (Å²) in [7, 11) is 0. The number of nitrogen functional groups attached to an aromatic ring is 1. The largest absolute Gasteiger partial charge is 0.461 e. The molecular weight excluding hydrogens is 461 g/mol. The normalized spacial score (nSPS) is 24.7. The summed E-state index contributed by atoms with van der Waals surface area (Å²) in [6, 6.07) is -1.84. The molecule has 0 radical (unpaired) electrons. The summed E-state index contributed by atoms with van der Waals surface area (Å²) < 4.78 is 31.7. The van der Waals surface area contributed by atoms with Crippen LogP contribution in [0.4, 0.5) is 10.2 Å². The number of nitrogens with zero attached hydrogens (tertiary/aromatic N) is 2. The monoisotopic (exact) mass is 491 g/mol. The minimum Gasteiger partial charge on any atom is -0.461 e. The lowest BCUT2D eigenvalue weighted by atomic mass is 9.98. The van der Waals surface area contributed by atoms with Crippen LogP contribution in [-0.4, -0.2) is 57.8 Å². The molecular formula is C20H31ClFN5O6. The van der Waals surface area contributed by atoms with E-state index in [4.69, 9.17) is 43.0 Å². The molecule has 1 aliphatic heterocycles. The van der Waals surface area contributed by atoms with Gasteiger partial charge in [0.2, 0.25) is 0 Å². The van der Waals surface area contributed by atoms with Crippen molar-refractivity contribution in [1.82, 2.24) is 9.55 Å². The lowest BCUT2D eigenvalue weighted by molar-refractivity contribution is -0.175. The molecule has 0 amide bonds. The average Bonchev–Trinajstić information content (AvgIpc) is 3.11. The number of ether oxygens (including phenoxy) is 3. The molecule has 6 N–H and O–H groups in total. The molecule has 2 heterocycles. The molecule has 0 aromatic carbocycles. The predicted octanol–water partition coefficient (Wildman–Crippen LogP) is 0.283. The van der Waals surface area contributed by atoms with Crippen LogP contribution in [0.3, 0.4) is 0 Å². The SMILES string of the molecule is CC(C)[C@H](N)C(=O)OC[C@@]1(CCl)O[C@@H](n2cc(F)c(N)nc2=O)C[C@@H]1OC(=O)[C@H](N)C(C)C. The fraction of sp³-hybridized carbons (Fsp3) is 0.700. The van der Waals surface area contributed by atoms with Crippen LogP contribution < -0.4 is 22.9 Å². The summed E-state index contributed by atoms with van der Waals surface area (Å²) in [5.41, 5.74) is 14.6. The van der Waals surface area contributed by atoms with E-state index < -0.39 is 65.9 Å². The number of anilines is 1. The number of carbonyl (C=O) groups is 2. The second-order valence-corrected chi connectivity index (χ2v) is 9.01. The topological polar surface area (TPSA) is 175 Å². The van der Waals surface area contributed by atoms with Crippen LogP contribution in [0.15, 0.2) is 11.0 Å². The number of nitrogens with two attached hydrogens (primary N) is 3. The third kappa shape index (κ3) is 5.99. The number of carbonyl (C=O) groups excluding carboxylic acids is 2. The minimum atomic E-state index is -1.55. The maximum Gasteiger partial charge on any atom is 0.351 e. The first-order valence-electron chi connectivity index (χ1n) is 10.5. The second-order valence-electron chi connectivity index (χ2n) is 8.74. The van der Waals surface area contributed by atoms with E-state index in [0.717, 1.165) is 10.8 Å². The van der Waals surface area contributed by atoms with Crippen molar-refractivity contribution in [1.29, 1.82) is 0 Å². The third-order valence-corrected chi connectivity index (χ3v) is 5.99. The first-order valence-corrected chi connectivity index (χ1v) is 11.0. The quantitative estimate of drug-likeness (QED) is 0.321. The first kappa shape index (κ1) is 27.0. The van der Waals surface area contributed by atoms with Gasteiger partial charge in [-0.2, -0.15) is 4.98 Å². The number of hydrogen-bond acceptors (Lipinski definition) is 10. The first-order chi connectivity index (χ1) is 15.3. The number of aromatic nitrogens is 2. The number of esters is 2. The Kier molecular flexibility index (Phi) is 8.80. The van der Waals surface area contributed by atoms with Crippen molar-refractivity contribution in [2.24, 2.45) is 23.3 Å². The van der Waals surface area contributed by atoms with Crippen molar-refractivity contribution in [3.8, 4) is 0 Å². The maximum absolute atomic E-state index is 14.0. The van der Waals surface area contributed by atoms with E-state index in [1.54, 1.807) is 27.7 Å². The Labute approximate surface area is 195 Å². The van der Waals surface area contributed by atoms with Crippen molar-refractivity contribution < 1.29 is 28.2 Å². The van der Waals surface area contributed by atoms with Gasteiger partial charge in [0.25, 0.3) is 0 Å². The van der Waals surface area contributed by atoms with Crippen LogP contribution in [0.25, 0.3) is 0 Å². The molecule has 33 heavy (non-hydrogen) atoms. The molecule has 0 unspecified atom stereocenters. The van der Waals surface area contributed by atoms with Gasteiger partial charge in [0.15, 0.2) is 17.2 Å². The van der Waals surface area contributed by atoms with Crippen molar-refractivity contribution in [2.45, 2.75) is 64.1 Å².